The molecule has 2 aromatic heterocycles. The molecular formula is C19H17N5O. The molecule has 0 amide bonds. The molecule has 0 atom stereocenters. The first-order valence-corrected chi connectivity index (χ1v) is 8.03. The average Bonchev–Trinajstić information content (AvgIpc) is 3.11. The topological polar surface area (TPSA) is 72.3 Å². The van der Waals surface area contributed by atoms with E-state index in [9.17, 15) is 0 Å². The molecule has 1 N–H and O–H groups in total. The van der Waals surface area contributed by atoms with Crippen LogP contribution in [0.4, 0.5) is 11.4 Å². The molecule has 4 rings (SSSR count). The summed E-state index contributed by atoms with van der Waals surface area (Å²) in [6.07, 6.45) is 5.97. The van der Waals surface area contributed by atoms with Crippen LogP contribution in [0.1, 0.15) is 16.8 Å². The molecule has 1 aromatic carbocycles. The van der Waals surface area contributed by atoms with Gasteiger partial charge in [-0.05, 0) is 41.5 Å². The third-order valence-corrected chi connectivity index (χ3v) is 4.10. The summed E-state index contributed by atoms with van der Waals surface area (Å²) >= 11 is 0. The van der Waals surface area contributed by atoms with Gasteiger partial charge in [-0.25, -0.2) is 0 Å². The van der Waals surface area contributed by atoms with E-state index < -0.39 is 0 Å². The third-order valence-electron chi connectivity index (χ3n) is 4.10. The summed E-state index contributed by atoms with van der Waals surface area (Å²) in [5, 5.41) is 11.5. The zero-order chi connectivity index (χ0) is 17.1. The van der Waals surface area contributed by atoms with E-state index in [1.54, 1.807) is 19.5 Å². The maximum atomic E-state index is 5.47. The van der Waals surface area contributed by atoms with Gasteiger partial charge >= 0.3 is 0 Å². The first kappa shape index (κ1) is 15.3. The SMILES string of the molecule is COc1ccc(C2=Nc3ccnnc3C2)cc1NCc1cccnc1. The van der Waals surface area contributed by atoms with E-state index in [1.165, 1.54) is 0 Å². The number of aliphatic imine (C=N–C) groups is 1. The Hall–Kier alpha value is -3.28. The summed E-state index contributed by atoms with van der Waals surface area (Å²) in [5.74, 6) is 0.795. The molecule has 124 valence electrons. The molecule has 1 aliphatic rings. The molecular weight excluding hydrogens is 314 g/mol. The van der Waals surface area contributed by atoms with Gasteiger partial charge in [0.15, 0.2) is 0 Å². The molecule has 0 saturated heterocycles. The van der Waals surface area contributed by atoms with E-state index in [0.717, 1.165) is 39.7 Å². The Morgan fingerprint density at radius 3 is 2.92 bits per heavy atom. The van der Waals surface area contributed by atoms with Crippen molar-refractivity contribution in [3.05, 3.63) is 71.8 Å². The van der Waals surface area contributed by atoms with E-state index in [4.69, 9.17) is 4.74 Å². The number of rotatable bonds is 5. The fourth-order valence-corrected chi connectivity index (χ4v) is 2.82. The summed E-state index contributed by atoms with van der Waals surface area (Å²) < 4.78 is 5.47. The van der Waals surface area contributed by atoms with E-state index in [-0.39, 0.29) is 0 Å². The summed E-state index contributed by atoms with van der Waals surface area (Å²) in [6.45, 7) is 0.672. The highest BCUT2D eigenvalue weighted by molar-refractivity contribution is 6.06. The molecule has 6 heteroatoms. The molecule has 0 fully saturated rings. The van der Waals surface area contributed by atoms with Crippen molar-refractivity contribution in [3.8, 4) is 5.75 Å². The van der Waals surface area contributed by atoms with Gasteiger partial charge in [0.2, 0.25) is 0 Å². The third kappa shape index (κ3) is 3.19. The Balaban J connectivity index is 1.59. The van der Waals surface area contributed by atoms with Gasteiger partial charge in [-0.15, -0.1) is 0 Å². The summed E-state index contributed by atoms with van der Waals surface area (Å²) in [6, 6.07) is 11.9. The Labute approximate surface area is 145 Å². The van der Waals surface area contributed by atoms with Crippen molar-refractivity contribution in [2.45, 2.75) is 13.0 Å². The number of fused-ring (bicyclic) bond motifs is 1. The first-order valence-electron chi connectivity index (χ1n) is 8.03. The Morgan fingerprint density at radius 2 is 2.12 bits per heavy atom. The fourth-order valence-electron chi connectivity index (χ4n) is 2.82. The maximum absolute atomic E-state index is 5.47. The maximum Gasteiger partial charge on any atom is 0.142 e. The molecule has 0 unspecified atom stereocenters. The Bertz CT molecular complexity index is 924. The number of nitrogens with zero attached hydrogens (tertiary/aromatic N) is 4. The monoisotopic (exact) mass is 331 g/mol. The van der Waals surface area contributed by atoms with E-state index in [2.05, 4.69) is 31.6 Å². The van der Waals surface area contributed by atoms with Crippen molar-refractivity contribution in [1.82, 2.24) is 15.2 Å². The number of aromatic nitrogens is 3. The smallest absolute Gasteiger partial charge is 0.142 e. The van der Waals surface area contributed by atoms with Crippen LogP contribution in [0.2, 0.25) is 0 Å². The minimum atomic E-state index is 0.672. The number of nitrogens with one attached hydrogen (secondary N) is 1. The molecule has 3 aromatic rings. The first-order chi connectivity index (χ1) is 12.3. The number of pyridine rings is 1. The second kappa shape index (κ2) is 6.68. The van der Waals surface area contributed by atoms with Crippen LogP contribution in [0.25, 0.3) is 0 Å². The fraction of sp³-hybridized carbons (Fsp3) is 0.158. The predicted molar refractivity (Wildman–Crippen MR) is 96.5 cm³/mol. The van der Waals surface area contributed by atoms with Crippen LogP contribution in [-0.2, 0) is 13.0 Å². The van der Waals surface area contributed by atoms with E-state index >= 15 is 0 Å². The van der Waals surface area contributed by atoms with Crippen molar-refractivity contribution in [2.24, 2.45) is 4.99 Å². The van der Waals surface area contributed by atoms with Crippen molar-refractivity contribution in [3.63, 3.8) is 0 Å². The van der Waals surface area contributed by atoms with Gasteiger partial charge in [0.25, 0.3) is 0 Å². The van der Waals surface area contributed by atoms with E-state index in [1.807, 2.05) is 36.5 Å². The molecule has 0 aliphatic carbocycles. The van der Waals surface area contributed by atoms with Crippen LogP contribution < -0.4 is 10.1 Å². The number of benzene rings is 1. The quantitative estimate of drug-likeness (QED) is 0.777. The van der Waals surface area contributed by atoms with Crippen LogP contribution in [0, 0.1) is 0 Å². The largest absolute Gasteiger partial charge is 0.495 e. The lowest BCUT2D eigenvalue weighted by Crippen LogP contribution is -2.06. The van der Waals surface area contributed by atoms with Crippen LogP contribution in [0.5, 0.6) is 5.75 Å². The zero-order valence-corrected chi connectivity index (χ0v) is 13.8. The van der Waals surface area contributed by atoms with Crippen molar-refractivity contribution in [2.75, 3.05) is 12.4 Å². The van der Waals surface area contributed by atoms with Crippen LogP contribution in [-0.4, -0.2) is 28.0 Å². The van der Waals surface area contributed by atoms with Crippen molar-refractivity contribution >= 4 is 17.1 Å². The summed E-state index contributed by atoms with van der Waals surface area (Å²) in [7, 11) is 1.67. The van der Waals surface area contributed by atoms with Gasteiger partial charge < -0.3 is 10.1 Å². The van der Waals surface area contributed by atoms with Crippen LogP contribution >= 0.6 is 0 Å². The molecule has 0 radical (unpaired) electrons. The molecule has 3 heterocycles. The van der Waals surface area contributed by atoms with Gasteiger partial charge in [-0.1, -0.05) is 6.07 Å². The molecule has 0 saturated carbocycles. The zero-order valence-electron chi connectivity index (χ0n) is 13.8. The summed E-state index contributed by atoms with van der Waals surface area (Å²) in [5.41, 5.74) is 5.88. The minimum absolute atomic E-state index is 0.672. The predicted octanol–water partition coefficient (Wildman–Crippen LogP) is 3.17. The van der Waals surface area contributed by atoms with Crippen LogP contribution in [0.15, 0.2) is 60.0 Å². The highest BCUT2D eigenvalue weighted by atomic mass is 16.5. The molecule has 6 nitrogen and oxygen atoms in total. The van der Waals surface area contributed by atoms with Crippen molar-refractivity contribution in [1.29, 1.82) is 0 Å². The van der Waals surface area contributed by atoms with Gasteiger partial charge in [-0.3, -0.25) is 9.98 Å². The normalized spacial score (nSPS) is 12.4. The molecule has 0 bridgehead atoms. The number of hydrogen-bond donors (Lipinski definition) is 1. The second-order valence-electron chi connectivity index (χ2n) is 5.73. The number of ether oxygens (including phenoxy) is 1. The number of hydrogen-bond acceptors (Lipinski definition) is 6. The summed E-state index contributed by atoms with van der Waals surface area (Å²) in [4.78, 5) is 8.81. The standard InChI is InChI=1S/C19H17N5O/c1-25-19-5-4-14(16-10-17-15(23-16)6-8-22-24-17)9-18(19)21-12-13-3-2-7-20-11-13/h2-9,11,21H,10,12H2,1H3. The van der Waals surface area contributed by atoms with Gasteiger partial charge in [0.1, 0.15) is 5.75 Å². The van der Waals surface area contributed by atoms with Crippen LogP contribution in [0.3, 0.4) is 0 Å². The highest BCUT2D eigenvalue weighted by Gasteiger charge is 2.18. The second-order valence-corrected chi connectivity index (χ2v) is 5.73. The van der Waals surface area contributed by atoms with Crippen molar-refractivity contribution < 1.29 is 4.74 Å². The van der Waals surface area contributed by atoms with Gasteiger partial charge in [0, 0.05) is 25.4 Å². The minimum Gasteiger partial charge on any atom is -0.495 e. The van der Waals surface area contributed by atoms with Gasteiger partial charge in [0.05, 0.1) is 36.1 Å². The highest BCUT2D eigenvalue weighted by Crippen LogP contribution is 2.30. The Morgan fingerprint density at radius 1 is 1.16 bits per heavy atom. The average molecular weight is 331 g/mol. The van der Waals surface area contributed by atoms with E-state index in [0.29, 0.717) is 13.0 Å². The van der Waals surface area contributed by atoms with Gasteiger partial charge in [-0.2, -0.15) is 10.2 Å². The lowest BCUT2D eigenvalue weighted by molar-refractivity contribution is 0.416. The number of methoxy groups -OCH3 is 1. The lowest BCUT2D eigenvalue weighted by Gasteiger charge is -2.13. The Kier molecular flexibility index (Phi) is 4.08. The number of anilines is 1. The molecule has 1 aliphatic heterocycles. The molecule has 25 heavy (non-hydrogen) atoms. The lowest BCUT2D eigenvalue weighted by atomic mass is 10.1. The molecule has 0 spiro atoms.